The number of hydrogen-bond acceptors (Lipinski definition) is 3. The predicted octanol–water partition coefficient (Wildman–Crippen LogP) is 17.6. The third kappa shape index (κ3) is 6.63. The fraction of sp³-hybridized carbons (Fsp3) is 0.294. The second-order valence-corrected chi connectivity index (χ2v) is 24.9. The van der Waals surface area contributed by atoms with E-state index in [2.05, 4.69) is 232 Å². The Balaban J connectivity index is 1.19. The Morgan fingerprint density at radius 1 is 0.431 bits per heavy atom. The summed E-state index contributed by atoms with van der Waals surface area (Å²) in [7, 11) is 0. The quantitative estimate of drug-likeness (QED) is 0.164. The summed E-state index contributed by atoms with van der Waals surface area (Å²) in [6.07, 6.45) is 4.66. The van der Waals surface area contributed by atoms with Gasteiger partial charge in [-0.05, 0) is 201 Å². The summed E-state index contributed by atoms with van der Waals surface area (Å²) in [5.41, 5.74) is 29.4. The lowest BCUT2D eigenvalue weighted by Crippen LogP contribution is -2.61. The Hall–Kier alpha value is -6.78. The van der Waals surface area contributed by atoms with Crippen molar-refractivity contribution < 1.29 is 4.42 Å². The molecule has 0 spiro atoms. The van der Waals surface area contributed by atoms with Crippen molar-refractivity contribution in [3.8, 4) is 33.4 Å². The van der Waals surface area contributed by atoms with E-state index in [1.54, 1.807) is 0 Å². The summed E-state index contributed by atoms with van der Waals surface area (Å²) in [6, 6.07) is 54.2. The van der Waals surface area contributed by atoms with Gasteiger partial charge in [0.15, 0.2) is 0 Å². The monoisotopic (exact) mass is 939 g/mol. The second kappa shape index (κ2) is 15.4. The van der Waals surface area contributed by atoms with Gasteiger partial charge >= 0.3 is 6.85 Å². The van der Waals surface area contributed by atoms with Crippen LogP contribution >= 0.6 is 0 Å². The van der Waals surface area contributed by atoms with Crippen molar-refractivity contribution in [1.82, 2.24) is 0 Å². The standard InChI is InChI=1S/C68H67BN2O/c1-40-30-42(3)63(43(4)31-40)46-33-51-49-37-50-48-20-16-17-21-61(48)72-62(50)39-58(49)71(47-23-24-52-54(36-47)67(9,10)27-26-65(52,5)6)69-56-25-22-45(44-18-14-13-15-19-44)34-59(56)70(60(35-46)64(51)69)57-38-55-53(32-41(57)2)66(7,8)28-29-68(55,11)12/h13-25,30-39H,26-29H2,1-12H3. The molecule has 1 aromatic heterocycles. The van der Waals surface area contributed by atoms with Crippen LogP contribution in [0, 0.1) is 27.7 Å². The van der Waals surface area contributed by atoms with E-state index >= 15 is 0 Å². The summed E-state index contributed by atoms with van der Waals surface area (Å²) in [5, 5.41) is 2.29. The lowest BCUT2D eigenvalue weighted by atomic mass is 9.43. The molecule has 72 heavy (non-hydrogen) atoms. The maximum Gasteiger partial charge on any atom is 0.333 e. The number of para-hydroxylation sites is 1. The number of aryl methyl sites for hydroxylation is 4. The first kappa shape index (κ1) is 45.1. The van der Waals surface area contributed by atoms with Gasteiger partial charge in [0.25, 0.3) is 0 Å². The Kier molecular flexibility index (Phi) is 9.63. The van der Waals surface area contributed by atoms with E-state index < -0.39 is 0 Å². The van der Waals surface area contributed by atoms with Crippen LogP contribution in [0.2, 0.25) is 0 Å². The van der Waals surface area contributed by atoms with E-state index in [1.165, 1.54) is 130 Å². The molecular formula is C68H67BN2O. The fourth-order valence-electron chi connectivity index (χ4n) is 14.0. The van der Waals surface area contributed by atoms with Crippen molar-refractivity contribution in [2.24, 2.45) is 0 Å². The van der Waals surface area contributed by atoms with Crippen molar-refractivity contribution in [3.05, 3.63) is 184 Å². The number of benzene rings is 8. The van der Waals surface area contributed by atoms with Crippen LogP contribution in [0.15, 0.2) is 144 Å². The van der Waals surface area contributed by atoms with Crippen molar-refractivity contribution in [2.75, 3.05) is 9.71 Å². The number of hydrogen-bond donors (Lipinski definition) is 0. The Morgan fingerprint density at radius 3 is 1.76 bits per heavy atom. The first-order valence-corrected chi connectivity index (χ1v) is 26.6. The molecule has 0 N–H and O–H groups in total. The number of furan rings is 1. The van der Waals surface area contributed by atoms with Crippen molar-refractivity contribution in [3.63, 3.8) is 0 Å². The first-order chi connectivity index (χ1) is 34.3. The second-order valence-electron chi connectivity index (χ2n) is 24.9. The molecule has 3 heterocycles. The molecule has 13 rings (SSSR count). The zero-order chi connectivity index (χ0) is 50.0. The van der Waals surface area contributed by atoms with Crippen LogP contribution in [0.25, 0.3) is 55.3 Å². The molecule has 0 saturated carbocycles. The molecule has 358 valence electrons. The van der Waals surface area contributed by atoms with E-state index in [0.29, 0.717) is 0 Å². The topological polar surface area (TPSA) is 19.6 Å². The van der Waals surface area contributed by atoms with Crippen LogP contribution in [0.3, 0.4) is 0 Å². The molecule has 2 aliphatic carbocycles. The first-order valence-electron chi connectivity index (χ1n) is 26.6. The average Bonchev–Trinajstić information content (AvgIpc) is 3.71. The SMILES string of the molecule is Cc1cc(C)c(-c2cc3c4c(c2)N(c2cc5c(cc2C)C(C)(C)CCC5(C)C)c2cc(-c5ccccc5)ccc2B4N(c2ccc4c(c2)C(C)(C)CCC4(C)C)c2cc4oc5ccccc5c4cc2-3)c(C)c1. The average molecular weight is 939 g/mol. The number of fused-ring (bicyclic) bond motifs is 9. The van der Waals surface area contributed by atoms with Gasteiger partial charge in [0, 0.05) is 50.8 Å². The highest BCUT2D eigenvalue weighted by molar-refractivity contribution is 6.93. The van der Waals surface area contributed by atoms with Gasteiger partial charge in [0.05, 0.1) is 0 Å². The molecule has 0 radical (unpaired) electrons. The maximum atomic E-state index is 6.85. The molecule has 3 nitrogen and oxygen atoms in total. The van der Waals surface area contributed by atoms with Crippen LogP contribution in [-0.4, -0.2) is 6.85 Å². The van der Waals surface area contributed by atoms with Crippen LogP contribution in [0.5, 0.6) is 0 Å². The Bertz CT molecular complexity index is 3750. The van der Waals surface area contributed by atoms with E-state index in [1.807, 2.05) is 0 Å². The molecule has 4 aliphatic rings. The molecule has 9 aromatic rings. The summed E-state index contributed by atoms with van der Waals surface area (Å²) in [5.74, 6) is 0. The molecule has 0 fully saturated rings. The molecule has 0 atom stereocenters. The zero-order valence-corrected chi connectivity index (χ0v) is 44.5. The van der Waals surface area contributed by atoms with Gasteiger partial charge in [-0.3, -0.25) is 0 Å². The molecular weight excluding hydrogens is 872 g/mol. The van der Waals surface area contributed by atoms with Crippen molar-refractivity contribution in [1.29, 1.82) is 0 Å². The van der Waals surface area contributed by atoms with Gasteiger partial charge in [-0.15, -0.1) is 0 Å². The van der Waals surface area contributed by atoms with Crippen LogP contribution in [0.1, 0.15) is 126 Å². The summed E-state index contributed by atoms with van der Waals surface area (Å²) in [4.78, 5) is 5.40. The van der Waals surface area contributed by atoms with E-state index in [0.717, 1.165) is 34.8 Å². The Labute approximate surface area is 428 Å². The molecule has 8 aromatic carbocycles. The van der Waals surface area contributed by atoms with E-state index in [-0.39, 0.29) is 28.5 Å². The molecule has 0 unspecified atom stereocenters. The number of anilines is 5. The highest BCUT2D eigenvalue weighted by Crippen LogP contribution is 2.55. The van der Waals surface area contributed by atoms with Crippen LogP contribution in [-0.2, 0) is 21.7 Å². The van der Waals surface area contributed by atoms with Gasteiger partial charge in [-0.25, -0.2) is 0 Å². The third-order valence-electron chi connectivity index (χ3n) is 18.1. The minimum atomic E-state index is -0.152. The minimum absolute atomic E-state index is 0.0288. The smallest absolute Gasteiger partial charge is 0.333 e. The van der Waals surface area contributed by atoms with Gasteiger partial charge in [0.2, 0.25) is 0 Å². The summed E-state index contributed by atoms with van der Waals surface area (Å²) in [6.45, 7) is 28.7. The lowest BCUT2D eigenvalue weighted by molar-refractivity contribution is 0.332. The fourth-order valence-corrected chi connectivity index (χ4v) is 14.0. The van der Waals surface area contributed by atoms with E-state index in [4.69, 9.17) is 4.42 Å². The summed E-state index contributed by atoms with van der Waals surface area (Å²) >= 11 is 0. The van der Waals surface area contributed by atoms with Gasteiger partial charge in [0.1, 0.15) is 11.2 Å². The minimum Gasteiger partial charge on any atom is -0.456 e. The normalized spacial score (nSPS) is 17.6. The predicted molar refractivity (Wildman–Crippen MR) is 308 cm³/mol. The zero-order valence-electron chi connectivity index (χ0n) is 44.5. The highest BCUT2D eigenvalue weighted by atomic mass is 16.3. The maximum absolute atomic E-state index is 6.85. The largest absolute Gasteiger partial charge is 0.456 e. The van der Waals surface area contributed by atoms with Crippen molar-refractivity contribution >= 4 is 68.1 Å². The van der Waals surface area contributed by atoms with Gasteiger partial charge in [-0.2, -0.15) is 0 Å². The number of rotatable bonds is 4. The van der Waals surface area contributed by atoms with Crippen LogP contribution in [0.4, 0.5) is 28.4 Å². The molecule has 4 heteroatoms. The van der Waals surface area contributed by atoms with Crippen LogP contribution < -0.4 is 20.6 Å². The highest BCUT2D eigenvalue weighted by Gasteiger charge is 2.48. The molecule has 2 aliphatic heterocycles. The molecule has 0 bridgehead atoms. The lowest BCUT2D eigenvalue weighted by Gasteiger charge is -2.48. The molecule has 0 amide bonds. The number of nitrogens with zero attached hydrogens (tertiary/aromatic N) is 2. The van der Waals surface area contributed by atoms with Gasteiger partial charge < -0.3 is 14.1 Å². The van der Waals surface area contributed by atoms with Crippen molar-refractivity contribution in [2.45, 2.75) is 130 Å². The van der Waals surface area contributed by atoms with E-state index in [9.17, 15) is 0 Å². The van der Waals surface area contributed by atoms with Gasteiger partial charge in [-0.1, -0.05) is 146 Å². The molecule has 0 saturated heterocycles. The Morgan fingerprint density at radius 2 is 1.06 bits per heavy atom. The summed E-state index contributed by atoms with van der Waals surface area (Å²) < 4.78 is 6.85. The third-order valence-corrected chi connectivity index (χ3v) is 18.1.